The van der Waals surface area contributed by atoms with E-state index in [1.165, 1.54) is 19.3 Å². The average Bonchev–Trinajstić information content (AvgIpc) is 2.52. The van der Waals surface area contributed by atoms with E-state index in [1.807, 2.05) is 48.6 Å². The van der Waals surface area contributed by atoms with Crippen molar-refractivity contribution in [3.63, 3.8) is 0 Å². The van der Waals surface area contributed by atoms with Crippen LogP contribution in [0.25, 0.3) is 5.57 Å². The lowest BCUT2D eigenvalue weighted by Crippen LogP contribution is -1.92. The molecule has 0 aromatic heterocycles. The highest BCUT2D eigenvalue weighted by Gasteiger charge is 1.97. The average molecular weight is 282 g/mol. The van der Waals surface area contributed by atoms with Crippen LogP contribution in [0, 0.1) is 0 Å². The predicted octanol–water partition coefficient (Wildman–Crippen LogP) is 5.74. The van der Waals surface area contributed by atoms with Crippen molar-refractivity contribution in [3.8, 4) is 0 Å². The van der Waals surface area contributed by atoms with Crippen molar-refractivity contribution in [2.24, 2.45) is 0 Å². The standard InChI is InChI=1S/C20H26O/c1-3-5-6-7-11-16-20(21)17-12-15-18(4-2)19-13-9-8-10-14-19/h4,8-10,12-15,17H,2-3,5-7,11,16H2,1H3/b17-12+,18-15+. The molecule has 0 N–H and O–H groups in total. The van der Waals surface area contributed by atoms with Crippen molar-refractivity contribution in [1.29, 1.82) is 0 Å². The largest absolute Gasteiger partial charge is 0.295 e. The van der Waals surface area contributed by atoms with Gasteiger partial charge in [0.1, 0.15) is 0 Å². The van der Waals surface area contributed by atoms with E-state index >= 15 is 0 Å². The summed E-state index contributed by atoms with van der Waals surface area (Å²) >= 11 is 0. The van der Waals surface area contributed by atoms with E-state index in [9.17, 15) is 4.79 Å². The number of ketones is 1. The Labute approximate surface area is 129 Å². The van der Waals surface area contributed by atoms with Gasteiger partial charge in [0.05, 0.1) is 0 Å². The van der Waals surface area contributed by atoms with Gasteiger partial charge in [-0.05, 0) is 23.6 Å². The van der Waals surface area contributed by atoms with Crippen LogP contribution in [-0.2, 0) is 4.79 Å². The summed E-state index contributed by atoms with van der Waals surface area (Å²) in [6.45, 7) is 6.02. The Morgan fingerprint density at radius 1 is 1.10 bits per heavy atom. The highest BCUT2D eigenvalue weighted by molar-refractivity contribution is 5.90. The van der Waals surface area contributed by atoms with Gasteiger partial charge >= 0.3 is 0 Å². The molecule has 112 valence electrons. The van der Waals surface area contributed by atoms with Crippen LogP contribution in [0.1, 0.15) is 51.0 Å². The molecule has 0 fully saturated rings. The first kappa shape index (κ1) is 17.2. The molecule has 0 aliphatic carbocycles. The number of unbranched alkanes of at least 4 members (excludes halogenated alkanes) is 4. The zero-order valence-electron chi connectivity index (χ0n) is 13.1. The SMILES string of the molecule is C=C/C(=C\C=C\C(=O)CCCCCCC)c1ccccc1. The fraction of sp³-hybridized carbons (Fsp3) is 0.350. The topological polar surface area (TPSA) is 17.1 Å². The van der Waals surface area contributed by atoms with Gasteiger partial charge in [-0.2, -0.15) is 0 Å². The van der Waals surface area contributed by atoms with Gasteiger partial charge in [0.15, 0.2) is 5.78 Å². The molecule has 0 spiro atoms. The van der Waals surface area contributed by atoms with Crippen LogP contribution < -0.4 is 0 Å². The van der Waals surface area contributed by atoms with Gasteiger partial charge in [0, 0.05) is 6.42 Å². The second-order valence-corrected chi connectivity index (χ2v) is 5.18. The lowest BCUT2D eigenvalue weighted by atomic mass is 10.1. The molecule has 0 atom stereocenters. The predicted molar refractivity (Wildman–Crippen MR) is 92.1 cm³/mol. The van der Waals surface area contributed by atoms with Crippen LogP contribution in [-0.4, -0.2) is 5.78 Å². The van der Waals surface area contributed by atoms with E-state index in [4.69, 9.17) is 0 Å². The molecule has 0 radical (unpaired) electrons. The van der Waals surface area contributed by atoms with E-state index in [0.29, 0.717) is 6.42 Å². The van der Waals surface area contributed by atoms with Gasteiger partial charge in [-0.25, -0.2) is 0 Å². The molecule has 0 amide bonds. The van der Waals surface area contributed by atoms with Gasteiger partial charge in [-0.15, -0.1) is 0 Å². The zero-order valence-corrected chi connectivity index (χ0v) is 13.1. The quantitative estimate of drug-likeness (QED) is 0.304. The van der Waals surface area contributed by atoms with Gasteiger partial charge < -0.3 is 0 Å². The first-order valence-electron chi connectivity index (χ1n) is 7.87. The second-order valence-electron chi connectivity index (χ2n) is 5.18. The molecule has 1 rings (SSSR count). The molecule has 21 heavy (non-hydrogen) atoms. The van der Waals surface area contributed by atoms with Crippen molar-refractivity contribution >= 4 is 11.4 Å². The monoisotopic (exact) mass is 282 g/mol. The van der Waals surface area contributed by atoms with E-state index in [1.54, 1.807) is 6.08 Å². The van der Waals surface area contributed by atoms with Crippen LogP contribution in [0.5, 0.6) is 0 Å². The number of carbonyl (C=O) groups excluding carboxylic acids is 1. The molecular formula is C20H26O. The highest BCUT2D eigenvalue weighted by Crippen LogP contribution is 2.14. The smallest absolute Gasteiger partial charge is 0.155 e. The minimum atomic E-state index is 0.208. The summed E-state index contributed by atoms with van der Waals surface area (Å²) in [5.74, 6) is 0.208. The maximum Gasteiger partial charge on any atom is 0.155 e. The summed E-state index contributed by atoms with van der Waals surface area (Å²) in [4.78, 5) is 11.7. The summed E-state index contributed by atoms with van der Waals surface area (Å²) in [6.07, 6.45) is 13.8. The van der Waals surface area contributed by atoms with Crippen molar-refractivity contribution in [3.05, 3.63) is 66.8 Å². The fourth-order valence-corrected chi connectivity index (χ4v) is 2.16. The third kappa shape index (κ3) is 7.45. The third-order valence-corrected chi connectivity index (χ3v) is 3.41. The van der Waals surface area contributed by atoms with Gasteiger partial charge in [-0.3, -0.25) is 4.79 Å². The van der Waals surface area contributed by atoms with Gasteiger partial charge in [-0.1, -0.05) is 87.7 Å². The van der Waals surface area contributed by atoms with E-state index in [2.05, 4.69) is 13.5 Å². The van der Waals surface area contributed by atoms with Crippen LogP contribution in [0.3, 0.4) is 0 Å². The molecule has 0 bridgehead atoms. The minimum Gasteiger partial charge on any atom is -0.295 e. The molecule has 0 aliphatic rings. The lowest BCUT2D eigenvalue weighted by molar-refractivity contribution is -0.114. The van der Waals surface area contributed by atoms with E-state index < -0.39 is 0 Å². The highest BCUT2D eigenvalue weighted by atomic mass is 16.1. The van der Waals surface area contributed by atoms with Crippen molar-refractivity contribution < 1.29 is 4.79 Å². The van der Waals surface area contributed by atoms with Crippen LogP contribution >= 0.6 is 0 Å². The van der Waals surface area contributed by atoms with E-state index in [-0.39, 0.29) is 5.78 Å². The number of hydrogen-bond donors (Lipinski definition) is 0. The molecule has 1 nitrogen and oxygen atoms in total. The number of rotatable bonds is 10. The van der Waals surface area contributed by atoms with Gasteiger partial charge in [0.2, 0.25) is 0 Å². The summed E-state index contributed by atoms with van der Waals surface area (Å²) in [5.41, 5.74) is 2.15. The molecule has 0 saturated carbocycles. The van der Waals surface area contributed by atoms with Crippen molar-refractivity contribution in [1.82, 2.24) is 0 Å². The van der Waals surface area contributed by atoms with Crippen LogP contribution in [0.2, 0.25) is 0 Å². The number of hydrogen-bond acceptors (Lipinski definition) is 1. The Bertz CT molecular complexity index is 480. The minimum absolute atomic E-state index is 0.208. The molecule has 1 aromatic carbocycles. The summed E-state index contributed by atoms with van der Waals surface area (Å²) in [5, 5.41) is 0. The maximum absolute atomic E-state index is 11.7. The van der Waals surface area contributed by atoms with Crippen LogP contribution in [0.4, 0.5) is 0 Å². The number of carbonyl (C=O) groups is 1. The lowest BCUT2D eigenvalue weighted by Gasteiger charge is -2.00. The maximum atomic E-state index is 11.7. The normalized spacial score (nSPS) is 11.8. The molecular weight excluding hydrogens is 256 g/mol. The summed E-state index contributed by atoms with van der Waals surface area (Å²) < 4.78 is 0. The second kappa shape index (κ2) is 10.8. The summed E-state index contributed by atoms with van der Waals surface area (Å²) in [6, 6.07) is 10.1. The Balaban J connectivity index is 2.42. The van der Waals surface area contributed by atoms with Crippen LogP contribution in [0.15, 0.2) is 61.2 Å². The third-order valence-electron chi connectivity index (χ3n) is 3.41. The van der Waals surface area contributed by atoms with Gasteiger partial charge in [0.25, 0.3) is 0 Å². The molecule has 0 heterocycles. The zero-order chi connectivity index (χ0) is 15.3. The molecule has 0 saturated heterocycles. The summed E-state index contributed by atoms with van der Waals surface area (Å²) in [7, 11) is 0. The Kier molecular flexibility index (Phi) is 8.86. The molecule has 0 unspecified atom stereocenters. The Hall–Kier alpha value is -1.89. The number of benzene rings is 1. The van der Waals surface area contributed by atoms with Crippen molar-refractivity contribution in [2.75, 3.05) is 0 Å². The first-order valence-corrected chi connectivity index (χ1v) is 7.87. The Morgan fingerprint density at radius 2 is 1.81 bits per heavy atom. The number of allylic oxidation sites excluding steroid dienone is 5. The molecule has 1 heteroatoms. The van der Waals surface area contributed by atoms with Crippen molar-refractivity contribution in [2.45, 2.75) is 45.4 Å². The fourth-order valence-electron chi connectivity index (χ4n) is 2.16. The molecule has 0 aliphatic heterocycles. The Morgan fingerprint density at radius 3 is 2.48 bits per heavy atom. The first-order chi connectivity index (χ1) is 10.3. The molecule has 1 aromatic rings. The van der Waals surface area contributed by atoms with E-state index in [0.717, 1.165) is 24.0 Å².